The monoisotopic (exact) mass is 461 g/mol. The van der Waals surface area contributed by atoms with E-state index in [1.807, 2.05) is 18.2 Å². The van der Waals surface area contributed by atoms with Gasteiger partial charge >= 0.3 is 0 Å². The van der Waals surface area contributed by atoms with Crippen molar-refractivity contribution < 1.29 is 14.3 Å². The molecule has 1 atom stereocenters. The van der Waals surface area contributed by atoms with Gasteiger partial charge in [-0.15, -0.1) is 0 Å². The van der Waals surface area contributed by atoms with Crippen LogP contribution >= 0.6 is 0 Å². The smallest absolute Gasteiger partial charge is 0.225 e. The number of fused-ring (bicyclic) bond motifs is 1. The van der Waals surface area contributed by atoms with Crippen molar-refractivity contribution in [2.45, 2.75) is 64.7 Å². The Morgan fingerprint density at radius 3 is 2.56 bits per heavy atom. The van der Waals surface area contributed by atoms with Crippen LogP contribution in [0.15, 0.2) is 48.5 Å². The standard InChI is InChI=1S/C28H35N3O3/c1-20-8-10-23(11-9-20)33-19-26-29-24-6-4-5-7-25(24)31(26)22-12-15-30(16-13-22)27(32)21-14-17-34-28(2,3)18-21/h4-11,21-22H,12-19H2,1-3H3/t21-/m0/s1. The highest BCUT2D eigenvalue weighted by Gasteiger charge is 2.36. The number of para-hydroxylation sites is 2. The molecule has 2 aliphatic rings. The number of carbonyl (C=O) groups excluding carboxylic acids is 1. The summed E-state index contributed by atoms with van der Waals surface area (Å²) in [5.74, 6) is 2.17. The summed E-state index contributed by atoms with van der Waals surface area (Å²) in [7, 11) is 0. The van der Waals surface area contributed by atoms with Crippen LogP contribution in [-0.2, 0) is 16.1 Å². The second-order valence-electron chi connectivity index (χ2n) is 10.3. The summed E-state index contributed by atoms with van der Waals surface area (Å²) in [4.78, 5) is 20.2. The first-order valence-electron chi connectivity index (χ1n) is 12.5. The molecule has 1 aromatic heterocycles. The average molecular weight is 462 g/mol. The molecule has 34 heavy (non-hydrogen) atoms. The molecule has 2 aliphatic heterocycles. The lowest BCUT2D eigenvalue weighted by Gasteiger charge is -2.39. The van der Waals surface area contributed by atoms with Gasteiger partial charge in [0.1, 0.15) is 18.2 Å². The number of rotatable bonds is 5. The highest BCUT2D eigenvalue weighted by molar-refractivity contribution is 5.79. The molecule has 2 saturated heterocycles. The van der Waals surface area contributed by atoms with Crippen molar-refractivity contribution in [1.29, 1.82) is 0 Å². The van der Waals surface area contributed by atoms with E-state index in [2.05, 4.69) is 60.6 Å². The van der Waals surface area contributed by atoms with Gasteiger partial charge in [0, 0.05) is 31.7 Å². The van der Waals surface area contributed by atoms with Crippen LogP contribution in [0.5, 0.6) is 5.75 Å². The number of nitrogens with zero attached hydrogens (tertiary/aromatic N) is 3. The zero-order valence-electron chi connectivity index (χ0n) is 20.5. The summed E-state index contributed by atoms with van der Waals surface area (Å²) in [6.07, 6.45) is 3.49. The third kappa shape index (κ3) is 4.83. The minimum atomic E-state index is -0.209. The van der Waals surface area contributed by atoms with Crippen LogP contribution < -0.4 is 4.74 Å². The van der Waals surface area contributed by atoms with Gasteiger partial charge in [0.05, 0.1) is 16.6 Å². The van der Waals surface area contributed by atoms with Gasteiger partial charge in [-0.3, -0.25) is 4.79 Å². The second kappa shape index (κ2) is 9.41. The van der Waals surface area contributed by atoms with Gasteiger partial charge in [-0.25, -0.2) is 4.98 Å². The highest BCUT2D eigenvalue weighted by atomic mass is 16.5. The van der Waals surface area contributed by atoms with Crippen LogP contribution in [-0.4, -0.2) is 45.7 Å². The van der Waals surface area contributed by atoms with E-state index in [9.17, 15) is 4.79 Å². The largest absolute Gasteiger partial charge is 0.486 e. The fourth-order valence-corrected chi connectivity index (χ4v) is 5.43. The lowest BCUT2D eigenvalue weighted by atomic mass is 9.87. The topological polar surface area (TPSA) is 56.6 Å². The minimum Gasteiger partial charge on any atom is -0.486 e. The van der Waals surface area contributed by atoms with Crippen molar-refractivity contribution in [3.05, 3.63) is 59.9 Å². The van der Waals surface area contributed by atoms with Gasteiger partial charge < -0.3 is 18.9 Å². The molecule has 0 radical (unpaired) electrons. The number of carbonyl (C=O) groups is 1. The van der Waals surface area contributed by atoms with E-state index >= 15 is 0 Å². The van der Waals surface area contributed by atoms with Crippen LogP contribution in [0.1, 0.15) is 57.0 Å². The Balaban J connectivity index is 1.30. The second-order valence-corrected chi connectivity index (χ2v) is 10.3. The molecule has 180 valence electrons. The summed E-state index contributed by atoms with van der Waals surface area (Å²) in [5.41, 5.74) is 3.14. The van der Waals surface area contributed by atoms with Gasteiger partial charge in [-0.2, -0.15) is 0 Å². The van der Waals surface area contributed by atoms with Crippen LogP contribution in [0.4, 0.5) is 0 Å². The zero-order valence-corrected chi connectivity index (χ0v) is 20.5. The number of amides is 1. The minimum absolute atomic E-state index is 0.0767. The van der Waals surface area contributed by atoms with Crippen LogP contribution in [0.25, 0.3) is 11.0 Å². The molecular formula is C28H35N3O3. The third-order valence-electron chi connectivity index (χ3n) is 7.25. The summed E-state index contributed by atoms with van der Waals surface area (Å²) < 4.78 is 14.3. The van der Waals surface area contributed by atoms with Crippen LogP contribution in [0.3, 0.4) is 0 Å². The number of aryl methyl sites for hydroxylation is 1. The molecule has 2 aromatic carbocycles. The molecule has 0 saturated carbocycles. The molecule has 0 N–H and O–H groups in total. The number of benzene rings is 2. The molecular weight excluding hydrogens is 426 g/mol. The summed E-state index contributed by atoms with van der Waals surface area (Å²) in [6.45, 7) is 8.91. The number of hydrogen-bond acceptors (Lipinski definition) is 4. The number of aromatic nitrogens is 2. The molecule has 5 rings (SSSR count). The van der Waals surface area contributed by atoms with Crippen LogP contribution in [0.2, 0.25) is 0 Å². The van der Waals surface area contributed by atoms with E-state index in [-0.39, 0.29) is 11.5 Å². The van der Waals surface area contributed by atoms with E-state index in [0.717, 1.165) is 61.4 Å². The molecule has 0 unspecified atom stereocenters. The van der Waals surface area contributed by atoms with Gasteiger partial charge in [0.25, 0.3) is 0 Å². The van der Waals surface area contributed by atoms with Crippen molar-refractivity contribution in [3.8, 4) is 5.75 Å². The Morgan fingerprint density at radius 2 is 1.82 bits per heavy atom. The Bertz CT molecular complexity index is 1140. The summed E-state index contributed by atoms with van der Waals surface area (Å²) in [6, 6.07) is 16.7. The maximum Gasteiger partial charge on any atom is 0.225 e. The highest BCUT2D eigenvalue weighted by Crippen LogP contribution is 2.33. The lowest BCUT2D eigenvalue weighted by molar-refractivity contribution is -0.146. The number of likely N-dealkylation sites (tertiary alicyclic amines) is 1. The molecule has 1 amide bonds. The summed E-state index contributed by atoms with van der Waals surface area (Å²) >= 11 is 0. The number of hydrogen-bond donors (Lipinski definition) is 0. The number of ether oxygens (including phenoxy) is 2. The molecule has 0 bridgehead atoms. The Hall–Kier alpha value is -2.86. The molecule has 6 nitrogen and oxygen atoms in total. The maximum absolute atomic E-state index is 13.2. The molecule has 6 heteroatoms. The van der Waals surface area contributed by atoms with Gasteiger partial charge in [0.2, 0.25) is 5.91 Å². The van der Waals surface area contributed by atoms with Crippen molar-refractivity contribution in [2.75, 3.05) is 19.7 Å². The zero-order chi connectivity index (χ0) is 23.7. The predicted octanol–water partition coefficient (Wildman–Crippen LogP) is 5.29. The van der Waals surface area contributed by atoms with Crippen molar-refractivity contribution in [2.24, 2.45) is 5.92 Å². The van der Waals surface area contributed by atoms with Crippen molar-refractivity contribution in [1.82, 2.24) is 14.5 Å². The normalized spacial score (nSPS) is 21.0. The van der Waals surface area contributed by atoms with Gasteiger partial charge in [-0.1, -0.05) is 29.8 Å². The quantitative estimate of drug-likeness (QED) is 0.518. The van der Waals surface area contributed by atoms with E-state index in [4.69, 9.17) is 14.5 Å². The fraction of sp³-hybridized carbons (Fsp3) is 0.500. The van der Waals surface area contributed by atoms with E-state index in [1.165, 1.54) is 5.56 Å². The van der Waals surface area contributed by atoms with Crippen molar-refractivity contribution >= 4 is 16.9 Å². The van der Waals surface area contributed by atoms with Gasteiger partial charge in [-0.05, 0) is 70.7 Å². The number of piperidine rings is 1. The SMILES string of the molecule is Cc1ccc(OCc2nc3ccccc3n2C2CCN(C(=O)[C@H]3CCOC(C)(C)C3)CC2)cc1. The first-order valence-corrected chi connectivity index (χ1v) is 12.5. The molecule has 0 spiro atoms. The van der Waals surface area contributed by atoms with Crippen LogP contribution in [0, 0.1) is 12.8 Å². The van der Waals surface area contributed by atoms with Crippen molar-refractivity contribution in [3.63, 3.8) is 0 Å². The first kappa shape index (κ1) is 22.9. The molecule has 2 fully saturated rings. The Morgan fingerprint density at radius 1 is 1.09 bits per heavy atom. The lowest BCUT2D eigenvalue weighted by Crippen LogP contribution is -2.46. The predicted molar refractivity (Wildman–Crippen MR) is 133 cm³/mol. The molecule has 3 heterocycles. The Labute approximate surface area is 201 Å². The maximum atomic E-state index is 13.2. The molecule has 3 aromatic rings. The third-order valence-corrected chi connectivity index (χ3v) is 7.25. The van der Waals surface area contributed by atoms with E-state index in [0.29, 0.717) is 25.2 Å². The van der Waals surface area contributed by atoms with E-state index < -0.39 is 0 Å². The average Bonchev–Trinajstić information content (AvgIpc) is 3.21. The first-order chi connectivity index (χ1) is 16.4. The fourth-order valence-electron chi connectivity index (χ4n) is 5.43. The van der Waals surface area contributed by atoms with Gasteiger partial charge in [0.15, 0.2) is 0 Å². The van der Waals surface area contributed by atoms with E-state index in [1.54, 1.807) is 0 Å². The summed E-state index contributed by atoms with van der Waals surface area (Å²) in [5, 5.41) is 0. The Kier molecular flexibility index (Phi) is 6.34. The number of imidazole rings is 1. The molecule has 0 aliphatic carbocycles.